The van der Waals surface area contributed by atoms with Gasteiger partial charge in [0, 0.05) is 12.1 Å². The Balaban J connectivity index is 2.28. The summed E-state index contributed by atoms with van der Waals surface area (Å²) in [4.78, 5) is 0. The second kappa shape index (κ2) is 4.07. The van der Waals surface area contributed by atoms with Crippen molar-refractivity contribution in [3.05, 3.63) is 0 Å². The van der Waals surface area contributed by atoms with E-state index < -0.39 is 0 Å². The van der Waals surface area contributed by atoms with Crippen molar-refractivity contribution < 1.29 is 5.11 Å². The molecule has 0 radical (unpaired) electrons. The molecule has 2 heteroatoms. The van der Waals surface area contributed by atoms with Crippen molar-refractivity contribution in [1.82, 2.24) is 5.32 Å². The molecule has 0 bridgehead atoms. The molecule has 1 saturated heterocycles. The van der Waals surface area contributed by atoms with Crippen LogP contribution in [-0.4, -0.2) is 23.3 Å². The van der Waals surface area contributed by atoms with Crippen LogP contribution < -0.4 is 5.32 Å². The van der Waals surface area contributed by atoms with E-state index in [0.29, 0.717) is 12.1 Å². The zero-order valence-electron chi connectivity index (χ0n) is 7.51. The average Bonchev–Trinajstić information content (AvgIpc) is 1.98. The fourth-order valence-corrected chi connectivity index (χ4v) is 1.76. The molecule has 0 spiro atoms. The Kier molecular flexibility index (Phi) is 3.34. The summed E-state index contributed by atoms with van der Waals surface area (Å²) in [7, 11) is 0. The number of piperidine rings is 1. The molecule has 1 aliphatic rings. The zero-order valence-corrected chi connectivity index (χ0v) is 7.51. The van der Waals surface area contributed by atoms with E-state index >= 15 is 0 Å². The lowest BCUT2D eigenvalue weighted by atomic mass is 9.94. The average molecular weight is 157 g/mol. The number of aliphatic hydroxyl groups excluding tert-OH is 1. The van der Waals surface area contributed by atoms with E-state index in [-0.39, 0.29) is 6.10 Å². The number of rotatable bonds is 2. The minimum Gasteiger partial charge on any atom is -0.392 e. The lowest BCUT2D eigenvalue weighted by Gasteiger charge is -2.32. The predicted octanol–water partition coefficient (Wildman–Crippen LogP) is 1.29. The van der Waals surface area contributed by atoms with Crippen molar-refractivity contribution in [2.45, 2.75) is 57.7 Å². The highest BCUT2D eigenvalue weighted by molar-refractivity contribution is 4.83. The molecule has 0 aromatic heterocycles. The van der Waals surface area contributed by atoms with E-state index in [0.717, 1.165) is 12.8 Å². The van der Waals surface area contributed by atoms with E-state index in [9.17, 15) is 5.11 Å². The molecule has 1 heterocycles. The summed E-state index contributed by atoms with van der Waals surface area (Å²) in [6.07, 6.45) is 4.47. The monoisotopic (exact) mass is 157 g/mol. The lowest BCUT2D eigenvalue weighted by Crippen LogP contribution is -2.48. The third-order valence-electron chi connectivity index (χ3n) is 2.52. The summed E-state index contributed by atoms with van der Waals surface area (Å²) in [6.45, 7) is 4.27. The van der Waals surface area contributed by atoms with Gasteiger partial charge in [-0.05, 0) is 26.2 Å². The van der Waals surface area contributed by atoms with Crippen LogP contribution in [0.3, 0.4) is 0 Å². The van der Waals surface area contributed by atoms with E-state index in [1.165, 1.54) is 12.8 Å². The maximum Gasteiger partial charge on any atom is 0.0691 e. The van der Waals surface area contributed by atoms with Crippen molar-refractivity contribution in [2.24, 2.45) is 0 Å². The van der Waals surface area contributed by atoms with E-state index in [2.05, 4.69) is 19.2 Å². The first-order valence-corrected chi connectivity index (χ1v) is 4.68. The van der Waals surface area contributed by atoms with E-state index in [1.807, 2.05) is 0 Å². The molecule has 0 unspecified atom stereocenters. The van der Waals surface area contributed by atoms with Crippen LogP contribution >= 0.6 is 0 Å². The Bertz CT molecular complexity index is 116. The van der Waals surface area contributed by atoms with Crippen molar-refractivity contribution in [1.29, 1.82) is 0 Å². The summed E-state index contributed by atoms with van der Waals surface area (Å²) in [5.74, 6) is 0. The van der Waals surface area contributed by atoms with Crippen molar-refractivity contribution >= 4 is 0 Å². The molecule has 1 aliphatic heterocycles. The Morgan fingerprint density at radius 1 is 1.45 bits per heavy atom. The molecule has 0 aromatic carbocycles. The second-order valence-electron chi connectivity index (χ2n) is 3.59. The van der Waals surface area contributed by atoms with Gasteiger partial charge in [-0.1, -0.05) is 13.3 Å². The smallest absolute Gasteiger partial charge is 0.0691 e. The molecule has 2 nitrogen and oxygen atoms in total. The summed E-state index contributed by atoms with van der Waals surface area (Å²) < 4.78 is 0. The first kappa shape index (κ1) is 9.01. The molecule has 3 atom stereocenters. The van der Waals surface area contributed by atoms with Crippen LogP contribution in [0.1, 0.15) is 39.5 Å². The van der Waals surface area contributed by atoms with Gasteiger partial charge in [0.05, 0.1) is 6.10 Å². The number of aliphatic hydroxyl groups is 1. The largest absolute Gasteiger partial charge is 0.392 e. The third kappa shape index (κ3) is 2.46. The standard InChI is InChI=1S/C9H19NO/c1-3-4-8-5-6-9(11)7(2)10-8/h7-11H,3-6H2,1-2H3/t7-,8+,9-/m0/s1. The third-order valence-corrected chi connectivity index (χ3v) is 2.52. The molecular formula is C9H19NO. The second-order valence-corrected chi connectivity index (χ2v) is 3.59. The molecule has 0 amide bonds. The van der Waals surface area contributed by atoms with Crippen LogP contribution in [-0.2, 0) is 0 Å². The van der Waals surface area contributed by atoms with Crippen molar-refractivity contribution in [3.63, 3.8) is 0 Å². The Morgan fingerprint density at radius 2 is 2.18 bits per heavy atom. The van der Waals surface area contributed by atoms with Gasteiger partial charge in [0.1, 0.15) is 0 Å². The van der Waals surface area contributed by atoms with Gasteiger partial charge in [-0.3, -0.25) is 0 Å². The van der Waals surface area contributed by atoms with Crippen LogP contribution in [0, 0.1) is 0 Å². The first-order valence-electron chi connectivity index (χ1n) is 4.68. The van der Waals surface area contributed by atoms with Gasteiger partial charge in [0.25, 0.3) is 0 Å². The fourth-order valence-electron chi connectivity index (χ4n) is 1.76. The summed E-state index contributed by atoms with van der Waals surface area (Å²) in [5.41, 5.74) is 0. The van der Waals surface area contributed by atoms with E-state index in [1.54, 1.807) is 0 Å². The highest BCUT2D eigenvalue weighted by Gasteiger charge is 2.23. The van der Waals surface area contributed by atoms with Gasteiger partial charge in [0.15, 0.2) is 0 Å². The SMILES string of the molecule is CCC[C@@H]1CC[C@H](O)[C@H](C)N1. The van der Waals surface area contributed by atoms with Gasteiger partial charge in [0.2, 0.25) is 0 Å². The Labute approximate surface area is 69.0 Å². The van der Waals surface area contributed by atoms with Gasteiger partial charge in [-0.15, -0.1) is 0 Å². The molecule has 11 heavy (non-hydrogen) atoms. The molecule has 66 valence electrons. The number of nitrogens with one attached hydrogen (secondary N) is 1. The molecule has 2 N–H and O–H groups in total. The quantitative estimate of drug-likeness (QED) is 0.633. The van der Waals surface area contributed by atoms with Crippen LogP contribution in [0.2, 0.25) is 0 Å². The molecule has 0 aliphatic carbocycles. The number of hydrogen-bond donors (Lipinski definition) is 2. The minimum atomic E-state index is -0.122. The highest BCUT2D eigenvalue weighted by atomic mass is 16.3. The van der Waals surface area contributed by atoms with E-state index in [4.69, 9.17) is 0 Å². The molecule has 0 saturated carbocycles. The van der Waals surface area contributed by atoms with Crippen LogP contribution in [0.25, 0.3) is 0 Å². The van der Waals surface area contributed by atoms with Crippen molar-refractivity contribution in [2.75, 3.05) is 0 Å². The first-order chi connectivity index (χ1) is 5.24. The molecule has 0 aromatic rings. The molecule has 1 rings (SSSR count). The fraction of sp³-hybridized carbons (Fsp3) is 1.00. The van der Waals surface area contributed by atoms with Gasteiger partial charge < -0.3 is 10.4 Å². The molecular weight excluding hydrogens is 138 g/mol. The van der Waals surface area contributed by atoms with Gasteiger partial charge >= 0.3 is 0 Å². The topological polar surface area (TPSA) is 32.3 Å². The maximum atomic E-state index is 9.40. The maximum absolute atomic E-state index is 9.40. The zero-order chi connectivity index (χ0) is 8.27. The summed E-state index contributed by atoms with van der Waals surface area (Å²) in [5, 5.41) is 12.8. The summed E-state index contributed by atoms with van der Waals surface area (Å²) in [6, 6.07) is 0.943. The Morgan fingerprint density at radius 3 is 2.73 bits per heavy atom. The van der Waals surface area contributed by atoms with Crippen LogP contribution in [0.15, 0.2) is 0 Å². The predicted molar refractivity (Wildman–Crippen MR) is 46.5 cm³/mol. The lowest BCUT2D eigenvalue weighted by molar-refractivity contribution is 0.0853. The highest BCUT2D eigenvalue weighted by Crippen LogP contribution is 2.16. The van der Waals surface area contributed by atoms with Crippen LogP contribution in [0.4, 0.5) is 0 Å². The van der Waals surface area contributed by atoms with Gasteiger partial charge in [-0.25, -0.2) is 0 Å². The molecule has 1 fully saturated rings. The normalized spacial score (nSPS) is 39.0. The Hall–Kier alpha value is -0.0800. The minimum absolute atomic E-state index is 0.122. The van der Waals surface area contributed by atoms with Crippen LogP contribution in [0.5, 0.6) is 0 Å². The van der Waals surface area contributed by atoms with Crippen molar-refractivity contribution in [3.8, 4) is 0 Å². The number of hydrogen-bond acceptors (Lipinski definition) is 2. The van der Waals surface area contributed by atoms with Gasteiger partial charge in [-0.2, -0.15) is 0 Å². The summed E-state index contributed by atoms with van der Waals surface area (Å²) >= 11 is 0.